The van der Waals surface area contributed by atoms with E-state index in [2.05, 4.69) is 9.72 Å². The molecule has 2 N–H and O–H groups in total. The van der Waals surface area contributed by atoms with Gasteiger partial charge < -0.3 is 10.5 Å². The lowest BCUT2D eigenvalue weighted by Gasteiger charge is -2.16. The Kier molecular flexibility index (Phi) is 5.59. The number of pyridine rings is 1. The van der Waals surface area contributed by atoms with Gasteiger partial charge in [0.15, 0.2) is 0 Å². The molecule has 118 valence electrons. The fourth-order valence-corrected chi connectivity index (χ4v) is 1.73. The quantitative estimate of drug-likeness (QED) is 0.670. The predicted molar refractivity (Wildman–Crippen MR) is 62.4 cm³/mol. The van der Waals surface area contributed by atoms with Gasteiger partial charge in [-0.2, -0.15) is 13.2 Å². The van der Waals surface area contributed by atoms with Gasteiger partial charge in [-0.05, 0) is 13.0 Å². The third-order valence-electron chi connectivity index (χ3n) is 2.58. The van der Waals surface area contributed by atoms with Crippen LogP contribution in [-0.2, 0) is 28.7 Å². The summed E-state index contributed by atoms with van der Waals surface area (Å²) in [7, 11) is 0. The van der Waals surface area contributed by atoms with Crippen molar-refractivity contribution in [3.05, 3.63) is 28.6 Å². The highest BCUT2D eigenvalue weighted by Gasteiger charge is 2.36. The largest absolute Gasteiger partial charge is 0.466 e. The van der Waals surface area contributed by atoms with E-state index in [0.29, 0.717) is 0 Å². The van der Waals surface area contributed by atoms with Crippen LogP contribution in [0.2, 0.25) is 0 Å². The minimum atomic E-state index is -4.87. The maximum atomic E-state index is 12.9. The fourth-order valence-electron chi connectivity index (χ4n) is 1.73. The minimum absolute atomic E-state index is 0.0114. The van der Waals surface area contributed by atoms with E-state index >= 15 is 0 Å². The van der Waals surface area contributed by atoms with Crippen molar-refractivity contribution in [3.63, 3.8) is 0 Å². The molecule has 0 amide bonds. The highest BCUT2D eigenvalue weighted by atomic mass is 19.4. The second kappa shape index (κ2) is 6.79. The molecule has 0 saturated heterocycles. The van der Waals surface area contributed by atoms with Crippen molar-refractivity contribution in [2.75, 3.05) is 6.61 Å². The van der Waals surface area contributed by atoms with Crippen molar-refractivity contribution in [1.29, 1.82) is 0 Å². The Morgan fingerprint density at radius 1 is 1.43 bits per heavy atom. The smallest absolute Gasteiger partial charge is 0.416 e. The average Bonchev–Trinajstić information content (AvgIpc) is 2.36. The van der Waals surface area contributed by atoms with E-state index in [9.17, 15) is 26.7 Å². The zero-order chi connectivity index (χ0) is 16.2. The van der Waals surface area contributed by atoms with Gasteiger partial charge in [0.25, 0.3) is 6.43 Å². The first-order valence-electron chi connectivity index (χ1n) is 5.94. The fraction of sp³-hybridized carbons (Fsp3) is 0.500. The summed E-state index contributed by atoms with van der Waals surface area (Å²) in [6.07, 6.45) is -8.71. The zero-order valence-electron chi connectivity index (χ0n) is 11.0. The Labute approximate surface area is 117 Å². The van der Waals surface area contributed by atoms with Crippen LogP contribution in [0.15, 0.2) is 6.07 Å². The van der Waals surface area contributed by atoms with Crippen LogP contribution in [0.3, 0.4) is 0 Å². The molecule has 0 aliphatic heterocycles. The lowest BCUT2D eigenvalue weighted by atomic mass is 10.0. The van der Waals surface area contributed by atoms with Crippen molar-refractivity contribution in [1.82, 2.24) is 4.98 Å². The number of hydrogen-bond donors (Lipinski definition) is 1. The topological polar surface area (TPSA) is 65.2 Å². The van der Waals surface area contributed by atoms with E-state index < -0.39 is 54.1 Å². The number of rotatable bonds is 5. The number of carbonyl (C=O) groups excluding carboxylic acids is 1. The second-order valence-electron chi connectivity index (χ2n) is 4.00. The van der Waals surface area contributed by atoms with Crippen LogP contribution in [0.1, 0.15) is 35.9 Å². The summed E-state index contributed by atoms with van der Waals surface area (Å²) in [5.74, 6) is -0.862. The summed E-state index contributed by atoms with van der Waals surface area (Å²) in [6.45, 7) is 0.934. The Bertz CT molecular complexity index is 517. The van der Waals surface area contributed by atoms with Crippen LogP contribution in [0.25, 0.3) is 0 Å². The molecule has 0 aliphatic carbocycles. The Morgan fingerprint density at radius 2 is 2.05 bits per heavy atom. The number of alkyl halides is 5. The maximum absolute atomic E-state index is 12.9. The van der Waals surface area contributed by atoms with Crippen molar-refractivity contribution in [2.24, 2.45) is 5.73 Å². The number of esters is 1. The molecule has 0 fully saturated rings. The predicted octanol–water partition coefficient (Wildman–Crippen LogP) is 2.60. The molecule has 0 atom stereocenters. The van der Waals surface area contributed by atoms with E-state index in [1.165, 1.54) is 6.92 Å². The first kappa shape index (κ1) is 17.3. The summed E-state index contributed by atoms with van der Waals surface area (Å²) in [6, 6.07) is 0.252. The molecule has 1 aromatic heterocycles. The number of hydrogen-bond acceptors (Lipinski definition) is 4. The number of ether oxygens (including phenoxy) is 1. The lowest BCUT2D eigenvalue weighted by molar-refractivity contribution is -0.143. The number of aromatic nitrogens is 1. The van der Waals surface area contributed by atoms with Crippen LogP contribution in [0.4, 0.5) is 22.0 Å². The van der Waals surface area contributed by atoms with Crippen LogP contribution in [0.5, 0.6) is 0 Å². The van der Waals surface area contributed by atoms with E-state index in [1.807, 2.05) is 0 Å². The molecule has 0 unspecified atom stereocenters. The average molecular weight is 312 g/mol. The Morgan fingerprint density at radius 3 is 2.48 bits per heavy atom. The molecule has 1 aromatic rings. The minimum Gasteiger partial charge on any atom is -0.466 e. The molecule has 0 bridgehead atoms. The van der Waals surface area contributed by atoms with E-state index in [4.69, 9.17) is 5.73 Å². The van der Waals surface area contributed by atoms with Crippen LogP contribution in [-0.4, -0.2) is 17.6 Å². The second-order valence-corrected chi connectivity index (χ2v) is 4.00. The molecule has 4 nitrogen and oxygen atoms in total. The van der Waals surface area contributed by atoms with Gasteiger partial charge in [0, 0.05) is 12.1 Å². The summed E-state index contributed by atoms with van der Waals surface area (Å²) in [4.78, 5) is 14.8. The number of halogens is 5. The van der Waals surface area contributed by atoms with Gasteiger partial charge in [0.2, 0.25) is 0 Å². The van der Waals surface area contributed by atoms with Crippen LogP contribution >= 0.6 is 0 Å². The lowest BCUT2D eigenvalue weighted by Crippen LogP contribution is -2.19. The molecule has 0 saturated carbocycles. The summed E-state index contributed by atoms with van der Waals surface area (Å²) < 4.78 is 68.6. The van der Waals surface area contributed by atoms with Crippen molar-refractivity contribution in [3.8, 4) is 0 Å². The molecular weight excluding hydrogens is 299 g/mol. The summed E-state index contributed by atoms with van der Waals surface area (Å²) >= 11 is 0. The van der Waals surface area contributed by atoms with Crippen LogP contribution < -0.4 is 5.73 Å². The van der Waals surface area contributed by atoms with Crippen molar-refractivity contribution in [2.45, 2.75) is 32.5 Å². The summed E-state index contributed by atoms with van der Waals surface area (Å²) in [5.41, 5.74) is 1.95. The van der Waals surface area contributed by atoms with Gasteiger partial charge >= 0.3 is 12.1 Å². The van der Waals surface area contributed by atoms with Crippen molar-refractivity contribution >= 4 is 5.97 Å². The molecule has 0 aromatic carbocycles. The molecule has 0 radical (unpaired) electrons. The number of carbonyl (C=O) groups is 1. The molecule has 21 heavy (non-hydrogen) atoms. The van der Waals surface area contributed by atoms with Crippen molar-refractivity contribution < 1.29 is 31.5 Å². The molecule has 1 heterocycles. The highest BCUT2D eigenvalue weighted by Crippen LogP contribution is 2.35. The third-order valence-corrected chi connectivity index (χ3v) is 2.58. The standard InChI is InChI=1S/C12H13F5N2O2/c1-2-21-10(20)4-8-6(5-18)7(12(15,16)17)3-9(19-8)11(13)14/h3,11H,2,4-5,18H2,1H3. The highest BCUT2D eigenvalue weighted by molar-refractivity contribution is 5.72. The first-order chi connectivity index (χ1) is 9.70. The monoisotopic (exact) mass is 312 g/mol. The molecular formula is C12H13F5N2O2. The third kappa shape index (κ3) is 4.35. The van der Waals surface area contributed by atoms with Gasteiger partial charge in [-0.1, -0.05) is 0 Å². The zero-order valence-corrected chi connectivity index (χ0v) is 11.0. The molecule has 0 spiro atoms. The summed E-state index contributed by atoms with van der Waals surface area (Å²) in [5, 5.41) is 0. The Hall–Kier alpha value is -1.77. The molecule has 0 aliphatic rings. The van der Waals surface area contributed by atoms with Gasteiger partial charge in [0.1, 0.15) is 5.69 Å². The molecule has 9 heteroatoms. The number of nitrogens with zero attached hydrogens (tertiary/aromatic N) is 1. The van der Waals surface area contributed by atoms with Gasteiger partial charge in [0.05, 0.1) is 24.3 Å². The Balaban J connectivity index is 3.38. The number of nitrogens with two attached hydrogens (primary N) is 1. The van der Waals surface area contributed by atoms with Gasteiger partial charge in [-0.25, -0.2) is 8.78 Å². The van der Waals surface area contributed by atoms with Crippen LogP contribution in [0, 0.1) is 0 Å². The van der Waals surface area contributed by atoms with E-state index in [-0.39, 0.29) is 12.7 Å². The SMILES string of the molecule is CCOC(=O)Cc1nc(C(F)F)cc(C(F)(F)F)c1CN. The first-order valence-corrected chi connectivity index (χ1v) is 5.94. The van der Waals surface area contributed by atoms with E-state index in [0.717, 1.165) is 0 Å². The van der Waals surface area contributed by atoms with Gasteiger partial charge in [-0.3, -0.25) is 9.78 Å². The van der Waals surface area contributed by atoms with Gasteiger partial charge in [-0.15, -0.1) is 0 Å². The van der Waals surface area contributed by atoms with E-state index in [1.54, 1.807) is 0 Å². The molecule has 1 rings (SSSR count). The normalized spacial score (nSPS) is 11.8. The maximum Gasteiger partial charge on any atom is 0.416 e.